The number of allylic oxidation sites excluding steroid dienone is 1. The van der Waals surface area contributed by atoms with E-state index < -0.39 is 0 Å². The molecular formula is C23H14BrClO4. The van der Waals surface area contributed by atoms with Gasteiger partial charge in [-0.15, -0.1) is 0 Å². The molecule has 3 aromatic rings. The molecule has 1 heterocycles. The van der Waals surface area contributed by atoms with Crippen LogP contribution in [0.1, 0.15) is 26.3 Å². The van der Waals surface area contributed by atoms with Crippen molar-refractivity contribution >= 4 is 45.2 Å². The topological polar surface area (TPSA) is 52.6 Å². The Morgan fingerprint density at radius 1 is 1.07 bits per heavy atom. The van der Waals surface area contributed by atoms with Crippen molar-refractivity contribution in [1.82, 2.24) is 0 Å². The number of benzene rings is 3. The molecule has 0 saturated heterocycles. The molecule has 0 amide bonds. The predicted molar refractivity (Wildman–Crippen MR) is 115 cm³/mol. The Morgan fingerprint density at radius 3 is 2.59 bits per heavy atom. The molecule has 0 fully saturated rings. The summed E-state index contributed by atoms with van der Waals surface area (Å²) >= 11 is 9.49. The van der Waals surface area contributed by atoms with Gasteiger partial charge in [0, 0.05) is 21.1 Å². The number of ketones is 2. The van der Waals surface area contributed by atoms with Crippen LogP contribution in [-0.2, 0) is 0 Å². The fourth-order valence-electron chi connectivity index (χ4n) is 2.86. The highest BCUT2D eigenvalue weighted by Gasteiger charge is 2.28. The summed E-state index contributed by atoms with van der Waals surface area (Å²) in [6.45, 7) is -0.114. The van der Waals surface area contributed by atoms with E-state index in [9.17, 15) is 9.59 Å². The number of halogens is 2. The largest absolute Gasteiger partial charge is 0.485 e. The number of carbonyl (C=O) groups excluding carboxylic acids is 2. The highest BCUT2D eigenvalue weighted by Crippen LogP contribution is 2.35. The first-order valence-electron chi connectivity index (χ1n) is 8.75. The van der Waals surface area contributed by atoms with Crippen LogP contribution in [0.15, 0.2) is 77.0 Å². The summed E-state index contributed by atoms with van der Waals surface area (Å²) in [7, 11) is 0. The first-order chi connectivity index (χ1) is 14.0. The summed E-state index contributed by atoms with van der Waals surface area (Å²) in [5.41, 5.74) is 1.70. The smallest absolute Gasteiger partial charge is 0.231 e. The lowest BCUT2D eigenvalue weighted by molar-refractivity contribution is 0.0921. The average molecular weight is 470 g/mol. The van der Waals surface area contributed by atoms with Crippen LogP contribution in [0, 0.1) is 0 Å². The molecule has 4 rings (SSSR count). The van der Waals surface area contributed by atoms with Crippen LogP contribution in [0.2, 0.25) is 5.02 Å². The third-order valence-electron chi connectivity index (χ3n) is 4.37. The Kier molecular flexibility index (Phi) is 5.51. The normalized spacial score (nSPS) is 13.9. The van der Waals surface area contributed by atoms with Gasteiger partial charge in [-0.25, -0.2) is 0 Å². The number of ether oxygens (including phenoxy) is 2. The van der Waals surface area contributed by atoms with Gasteiger partial charge < -0.3 is 9.47 Å². The lowest BCUT2D eigenvalue weighted by atomic mass is 10.1. The van der Waals surface area contributed by atoms with Gasteiger partial charge >= 0.3 is 0 Å². The molecule has 4 nitrogen and oxygen atoms in total. The van der Waals surface area contributed by atoms with Crippen molar-refractivity contribution in [3.05, 3.63) is 98.7 Å². The summed E-state index contributed by atoms with van der Waals surface area (Å²) in [5, 5.41) is 0.530. The molecule has 0 bridgehead atoms. The summed E-state index contributed by atoms with van der Waals surface area (Å²) < 4.78 is 12.2. The lowest BCUT2D eigenvalue weighted by Crippen LogP contribution is -2.11. The number of carbonyl (C=O) groups is 2. The van der Waals surface area contributed by atoms with Crippen LogP contribution in [0.25, 0.3) is 6.08 Å². The minimum absolute atomic E-state index is 0.114. The van der Waals surface area contributed by atoms with E-state index in [1.165, 1.54) is 0 Å². The molecule has 0 spiro atoms. The molecular weight excluding hydrogens is 456 g/mol. The van der Waals surface area contributed by atoms with Crippen LogP contribution in [0.4, 0.5) is 0 Å². The number of Topliss-reactive ketones (excluding diaryl/α,β-unsaturated/α-hetero) is 2. The average Bonchev–Trinajstić information content (AvgIpc) is 3.03. The minimum atomic E-state index is -0.225. The summed E-state index contributed by atoms with van der Waals surface area (Å²) in [5.74, 6) is 0.658. The molecule has 0 aliphatic carbocycles. The maximum Gasteiger partial charge on any atom is 0.231 e. The van der Waals surface area contributed by atoms with Crippen molar-refractivity contribution in [2.45, 2.75) is 0 Å². The second-order valence-corrected chi connectivity index (χ2v) is 7.66. The zero-order chi connectivity index (χ0) is 20.4. The fraction of sp³-hybridized carbons (Fsp3) is 0.0435. The molecule has 1 aliphatic rings. The number of rotatable bonds is 5. The quantitative estimate of drug-likeness (QED) is 0.341. The Hall–Kier alpha value is -2.89. The molecule has 0 radical (unpaired) electrons. The standard InChI is InChI=1S/C23H14BrClO4/c24-16-7-5-14(6-8-16)20(26)13-28-17-9-10-18-21(12-17)29-22(23(18)27)11-15-3-1-2-4-19(15)25/h1-12H,13H2/b22-11-. The summed E-state index contributed by atoms with van der Waals surface area (Å²) in [6.07, 6.45) is 1.61. The van der Waals surface area contributed by atoms with Gasteiger partial charge in [-0.1, -0.05) is 57.9 Å². The summed E-state index contributed by atoms with van der Waals surface area (Å²) in [6, 6.07) is 19.1. The molecule has 144 valence electrons. The first-order valence-corrected chi connectivity index (χ1v) is 9.93. The molecule has 1 aliphatic heterocycles. The van der Waals surface area contributed by atoms with Crippen molar-refractivity contribution in [1.29, 1.82) is 0 Å². The van der Waals surface area contributed by atoms with E-state index in [0.29, 0.717) is 33.2 Å². The van der Waals surface area contributed by atoms with E-state index >= 15 is 0 Å². The van der Waals surface area contributed by atoms with E-state index in [1.807, 2.05) is 12.1 Å². The predicted octanol–water partition coefficient (Wildman–Crippen LogP) is 5.98. The van der Waals surface area contributed by atoms with Gasteiger partial charge in [0.1, 0.15) is 11.5 Å². The zero-order valence-electron chi connectivity index (χ0n) is 15.0. The monoisotopic (exact) mass is 468 g/mol. The molecule has 3 aromatic carbocycles. The van der Waals surface area contributed by atoms with E-state index in [-0.39, 0.29) is 23.9 Å². The summed E-state index contributed by atoms with van der Waals surface area (Å²) in [4.78, 5) is 24.8. The van der Waals surface area contributed by atoms with Crippen molar-refractivity contribution in [3.63, 3.8) is 0 Å². The Morgan fingerprint density at radius 2 is 1.83 bits per heavy atom. The fourth-order valence-corrected chi connectivity index (χ4v) is 3.31. The van der Waals surface area contributed by atoms with Gasteiger partial charge in [0.25, 0.3) is 0 Å². The third-order valence-corrected chi connectivity index (χ3v) is 5.24. The molecule has 0 atom stereocenters. The molecule has 0 aromatic heterocycles. The molecule has 6 heteroatoms. The van der Waals surface area contributed by atoms with Crippen molar-refractivity contribution in [2.75, 3.05) is 6.61 Å². The Bertz CT molecular complexity index is 1140. The highest BCUT2D eigenvalue weighted by atomic mass is 79.9. The van der Waals surface area contributed by atoms with Crippen LogP contribution >= 0.6 is 27.5 Å². The lowest BCUT2D eigenvalue weighted by Gasteiger charge is -2.07. The van der Waals surface area contributed by atoms with Crippen LogP contribution < -0.4 is 9.47 Å². The van der Waals surface area contributed by atoms with E-state index in [1.54, 1.807) is 60.7 Å². The van der Waals surface area contributed by atoms with Crippen LogP contribution in [0.3, 0.4) is 0 Å². The zero-order valence-corrected chi connectivity index (χ0v) is 17.4. The highest BCUT2D eigenvalue weighted by molar-refractivity contribution is 9.10. The Balaban J connectivity index is 1.48. The van der Waals surface area contributed by atoms with E-state index in [0.717, 1.165) is 4.47 Å². The van der Waals surface area contributed by atoms with Gasteiger partial charge in [0.15, 0.2) is 18.1 Å². The Labute approximate surface area is 180 Å². The van der Waals surface area contributed by atoms with Gasteiger partial charge in [0.05, 0.1) is 5.56 Å². The third kappa shape index (κ3) is 4.26. The SMILES string of the molecule is O=C(COc1ccc2c(c1)O/C(=C\c1ccccc1Cl)C2=O)c1ccc(Br)cc1. The van der Waals surface area contributed by atoms with Gasteiger partial charge in [-0.2, -0.15) is 0 Å². The maximum absolute atomic E-state index is 12.6. The van der Waals surface area contributed by atoms with Crippen LogP contribution in [-0.4, -0.2) is 18.2 Å². The molecule has 0 unspecified atom stereocenters. The molecule has 0 saturated carbocycles. The minimum Gasteiger partial charge on any atom is -0.485 e. The van der Waals surface area contributed by atoms with Crippen LogP contribution in [0.5, 0.6) is 11.5 Å². The van der Waals surface area contributed by atoms with Gasteiger partial charge in [-0.3, -0.25) is 9.59 Å². The first kappa shape index (κ1) is 19.4. The molecule has 0 N–H and O–H groups in total. The van der Waals surface area contributed by atoms with Crippen molar-refractivity contribution in [2.24, 2.45) is 0 Å². The van der Waals surface area contributed by atoms with E-state index in [2.05, 4.69) is 15.9 Å². The second-order valence-electron chi connectivity index (χ2n) is 6.34. The van der Waals surface area contributed by atoms with Gasteiger partial charge in [-0.05, 0) is 42.0 Å². The van der Waals surface area contributed by atoms with Crippen molar-refractivity contribution < 1.29 is 19.1 Å². The number of hydrogen-bond donors (Lipinski definition) is 0. The second kappa shape index (κ2) is 8.23. The number of hydrogen-bond acceptors (Lipinski definition) is 4. The van der Waals surface area contributed by atoms with E-state index in [4.69, 9.17) is 21.1 Å². The number of fused-ring (bicyclic) bond motifs is 1. The van der Waals surface area contributed by atoms with Gasteiger partial charge in [0.2, 0.25) is 5.78 Å². The maximum atomic E-state index is 12.6. The van der Waals surface area contributed by atoms with Crippen molar-refractivity contribution in [3.8, 4) is 11.5 Å². The molecule has 29 heavy (non-hydrogen) atoms.